The lowest BCUT2D eigenvalue weighted by Gasteiger charge is -2.04. The van der Waals surface area contributed by atoms with Gasteiger partial charge in [-0.25, -0.2) is 0 Å². The van der Waals surface area contributed by atoms with Crippen LogP contribution in [-0.2, 0) is 17.8 Å². The highest BCUT2D eigenvalue weighted by Crippen LogP contribution is 2.23. The van der Waals surface area contributed by atoms with Crippen LogP contribution in [0.25, 0.3) is 10.2 Å². The number of carbonyl (C=O) groups is 1. The third-order valence-corrected chi connectivity index (χ3v) is 5.08. The minimum Gasteiger partial charge on any atom is -0.304 e. The molecule has 0 spiro atoms. The Balaban J connectivity index is 1.95. The number of benzene rings is 2. The van der Waals surface area contributed by atoms with E-state index in [9.17, 15) is 4.79 Å². The van der Waals surface area contributed by atoms with Crippen molar-refractivity contribution in [1.82, 2.24) is 4.57 Å². The van der Waals surface area contributed by atoms with Crippen LogP contribution < -0.4 is 4.80 Å². The predicted octanol–water partition coefficient (Wildman–Crippen LogP) is 4.01. The number of thiazole rings is 1. The van der Waals surface area contributed by atoms with Gasteiger partial charge in [0.2, 0.25) is 5.91 Å². The molecule has 0 saturated carbocycles. The summed E-state index contributed by atoms with van der Waals surface area (Å²) in [6.45, 7) is 4.55. The molecule has 0 aliphatic heterocycles. The van der Waals surface area contributed by atoms with Crippen LogP contribution >= 0.6 is 11.3 Å². The van der Waals surface area contributed by atoms with Crippen molar-refractivity contribution in [3.05, 3.63) is 64.0 Å². The fourth-order valence-corrected chi connectivity index (χ4v) is 4.20. The number of hydrogen-bond acceptors (Lipinski definition) is 2. The van der Waals surface area contributed by atoms with Crippen LogP contribution in [0.15, 0.2) is 47.5 Å². The van der Waals surface area contributed by atoms with Crippen LogP contribution in [0.1, 0.15) is 23.1 Å². The summed E-state index contributed by atoms with van der Waals surface area (Å²) >= 11 is 1.52. The molecular formula is C21H20N2OS. The van der Waals surface area contributed by atoms with E-state index in [0.29, 0.717) is 24.2 Å². The number of fused-ring (bicyclic) bond motifs is 1. The monoisotopic (exact) mass is 348 g/mol. The highest BCUT2D eigenvalue weighted by molar-refractivity contribution is 7.16. The molecule has 126 valence electrons. The summed E-state index contributed by atoms with van der Waals surface area (Å²) in [7, 11) is 0. The Morgan fingerprint density at radius 1 is 1.24 bits per heavy atom. The van der Waals surface area contributed by atoms with Gasteiger partial charge in [-0.2, -0.15) is 4.99 Å². The highest BCUT2D eigenvalue weighted by Gasteiger charge is 2.10. The van der Waals surface area contributed by atoms with Gasteiger partial charge in [0.15, 0.2) is 4.80 Å². The molecule has 0 aliphatic rings. The lowest BCUT2D eigenvalue weighted by Crippen LogP contribution is -2.17. The smallest absolute Gasteiger partial charge is 0.248 e. The van der Waals surface area contributed by atoms with Gasteiger partial charge in [0.05, 0.1) is 16.8 Å². The zero-order valence-electron chi connectivity index (χ0n) is 14.5. The molecule has 0 fully saturated rings. The molecule has 0 N–H and O–H groups in total. The van der Waals surface area contributed by atoms with E-state index < -0.39 is 0 Å². The van der Waals surface area contributed by atoms with Crippen molar-refractivity contribution in [3.8, 4) is 12.3 Å². The minimum absolute atomic E-state index is 0.115. The van der Waals surface area contributed by atoms with Gasteiger partial charge in [-0.15, -0.1) is 6.42 Å². The quantitative estimate of drug-likeness (QED) is 0.656. The molecule has 1 aromatic heterocycles. The topological polar surface area (TPSA) is 34.4 Å². The van der Waals surface area contributed by atoms with Crippen LogP contribution in [0.2, 0.25) is 0 Å². The molecule has 0 bridgehead atoms. The third-order valence-electron chi connectivity index (χ3n) is 4.05. The Kier molecular flexibility index (Phi) is 5.16. The van der Waals surface area contributed by atoms with Crippen LogP contribution in [-0.4, -0.2) is 10.5 Å². The Morgan fingerprint density at radius 3 is 2.72 bits per heavy atom. The second-order valence-electron chi connectivity index (χ2n) is 6.09. The van der Waals surface area contributed by atoms with E-state index >= 15 is 0 Å². The SMILES string of the molecule is C#CCn1c(=NC(=O)CCc2ccccc2)sc2cc(C)cc(C)c21. The van der Waals surface area contributed by atoms with Gasteiger partial charge in [-0.05, 0) is 43.0 Å². The largest absolute Gasteiger partial charge is 0.304 e. The zero-order chi connectivity index (χ0) is 17.8. The molecule has 3 nitrogen and oxygen atoms in total. The molecule has 0 radical (unpaired) electrons. The molecule has 0 saturated heterocycles. The number of aromatic nitrogens is 1. The van der Waals surface area contributed by atoms with Gasteiger partial charge < -0.3 is 4.57 Å². The standard InChI is InChI=1S/C21H20N2OS/c1-4-12-23-20-16(3)13-15(2)14-18(20)25-21(23)22-19(24)11-10-17-8-6-5-7-9-17/h1,5-9,13-14H,10-12H2,2-3H3. The summed E-state index contributed by atoms with van der Waals surface area (Å²) < 4.78 is 3.08. The fraction of sp³-hybridized carbons (Fsp3) is 0.238. The van der Waals surface area contributed by atoms with Gasteiger partial charge in [-0.1, -0.05) is 53.7 Å². The van der Waals surface area contributed by atoms with Crippen LogP contribution in [0.4, 0.5) is 0 Å². The van der Waals surface area contributed by atoms with Gasteiger partial charge in [0, 0.05) is 6.42 Å². The fourth-order valence-electron chi connectivity index (χ4n) is 2.97. The second kappa shape index (κ2) is 7.50. The summed E-state index contributed by atoms with van der Waals surface area (Å²) in [5, 5.41) is 0. The summed E-state index contributed by atoms with van der Waals surface area (Å²) in [4.78, 5) is 17.4. The van der Waals surface area contributed by atoms with Crippen LogP contribution in [0.5, 0.6) is 0 Å². The van der Waals surface area contributed by atoms with Gasteiger partial charge in [-0.3, -0.25) is 4.79 Å². The van der Waals surface area contributed by atoms with Crippen molar-refractivity contribution in [2.45, 2.75) is 33.2 Å². The number of carbonyl (C=O) groups excluding carboxylic acids is 1. The van der Waals surface area contributed by atoms with E-state index in [2.05, 4.69) is 36.9 Å². The molecule has 1 heterocycles. The molecule has 4 heteroatoms. The first-order chi connectivity index (χ1) is 12.1. The molecule has 3 aromatic rings. The molecular weight excluding hydrogens is 328 g/mol. The summed E-state index contributed by atoms with van der Waals surface area (Å²) in [6.07, 6.45) is 6.62. The van der Waals surface area contributed by atoms with Gasteiger partial charge >= 0.3 is 0 Å². The Hall–Kier alpha value is -2.64. The number of rotatable bonds is 4. The number of terminal acetylenes is 1. The summed E-state index contributed by atoms with van der Waals surface area (Å²) in [5.74, 6) is 2.56. The number of amides is 1. The van der Waals surface area contributed by atoms with Crippen molar-refractivity contribution >= 4 is 27.5 Å². The normalized spacial score (nSPS) is 11.6. The average molecular weight is 348 g/mol. The number of hydrogen-bond donors (Lipinski definition) is 0. The van der Waals surface area contributed by atoms with Crippen LogP contribution in [0.3, 0.4) is 0 Å². The lowest BCUT2D eigenvalue weighted by atomic mass is 10.1. The number of nitrogens with zero attached hydrogens (tertiary/aromatic N) is 2. The maximum Gasteiger partial charge on any atom is 0.248 e. The molecule has 2 aromatic carbocycles. The van der Waals surface area contributed by atoms with Gasteiger partial charge in [0.25, 0.3) is 0 Å². The lowest BCUT2D eigenvalue weighted by molar-refractivity contribution is -0.118. The molecule has 0 aliphatic carbocycles. The summed E-state index contributed by atoms with van der Waals surface area (Å²) in [6, 6.07) is 14.2. The number of aryl methyl sites for hydroxylation is 3. The van der Waals surface area contributed by atoms with E-state index in [1.807, 2.05) is 34.9 Å². The highest BCUT2D eigenvalue weighted by atomic mass is 32.1. The van der Waals surface area contributed by atoms with Crippen LogP contribution in [0, 0.1) is 26.2 Å². The van der Waals surface area contributed by atoms with Crippen molar-refractivity contribution in [2.75, 3.05) is 0 Å². The van der Waals surface area contributed by atoms with E-state index in [0.717, 1.165) is 21.3 Å². The first kappa shape index (κ1) is 17.2. The second-order valence-corrected chi connectivity index (χ2v) is 7.10. The van der Waals surface area contributed by atoms with E-state index in [4.69, 9.17) is 6.42 Å². The van der Waals surface area contributed by atoms with Gasteiger partial charge in [0.1, 0.15) is 0 Å². The third kappa shape index (κ3) is 3.89. The molecule has 0 unspecified atom stereocenters. The Labute approximate surface area is 151 Å². The van der Waals surface area contributed by atoms with E-state index in [1.165, 1.54) is 16.9 Å². The predicted molar refractivity (Wildman–Crippen MR) is 103 cm³/mol. The summed E-state index contributed by atoms with van der Waals surface area (Å²) in [5.41, 5.74) is 4.56. The minimum atomic E-state index is -0.115. The Morgan fingerprint density at radius 2 is 2.00 bits per heavy atom. The Bertz CT molecular complexity index is 1020. The van der Waals surface area contributed by atoms with E-state index in [1.54, 1.807) is 0 Å². The molecule has 0 atom stereocenters. The first-order valence-corrected chi connectivity index (χ1v) is 9.05. The van der Waals surface area contributed by atoms with Crippen molar-refractivity contribution in [1.29, 1.82) is 0 Å². The maximum absolute atomic E-state index is 12.3. The average Bonchev–Trinajstić information content (AvgIpc) is 2.91. The molecule has 1 amide bonds. The van der Waals surface area contributed by atoms with Crippen molar-refractivity contribution in [2.24, 2.45) is 4.99 Å². The van der Waals surface area contributed by atoms with E-state index in [-0.39, 0.29) is 5.91 Å². The zero-order valence-corrected chi connectivity index (χ0v) is 15.3. The molecule has 25 heavy (non-hydrogen) atoms. The molecule has 3 rings (SSSR count). The first-order valence-electron chi connectivity index (χ1n) is 8.24. The van der Waals surface area contributed by atoms with Crippen molar-refractivity contribution < 1.29 is 4.79 Å². The van der Waals surface area contributed by atoms with Crippen molar-refractivity contribution in [3.63, 3.8) is 0 Å². The maximum atomic E-state index is 12.3.